The fourth-order valence-corrected chi connectivity index (χ4v) is 2.06. The van der Waals surface area contributed by atoms with Crippen molar-refractivity contribution in [3.63, 3.8) is 0 Å². The highest BCUT2D eigenvalue weighted by Crippen LogP contribution is 2.18. The predicted molar refractivity (Wildman–Crippen MR) is 84.4 cm³/mol. The number of H-pyrrole nitrogens is 1. The van der Waals surface area contributed by atoms with Gasteiger partial charge in [-0.3, -0.25) is 9.78 Å². The number of hydrogen-bond donors (Lipinski definition) is 3. The maximum Gasteiger partial charge on any atom is 0.255 e. The molecule has 0 aliphatic rings. The Morgan fingerprint density at radius 1 is 1.29 bits per heavy atom. The molecule has 1 aromatic carbocycles. The summed E-state index contributed by atoms with van der Waals surface area (Å²) in [6.45, 7) is 1.70. The molecular weight excluding hydrogens is 268 g/mol. The molecular formula is C15H20N4O2. The van der Waals surface area contributed by atoms with Crippen LogP contribution in [0.25, 0.3) is 0 Å². The molecule has 0 fully saturated rings. The van der Waals surface area contributed by atoms with Gasteiger partial charge in [0.25, 0.3) is 5.56 Å². The van der Waals surface area contributed by atoms with Gasteiger partial charge in [-0.15, -0.1) is 0 Å². The fraction of sp³-hybridized carbons (Fsp3) is 0.333. The molecule has 0 spiro atoms. The second-order valence-electron chi connectivity index (χ2n) is 5.02. The van der Waals surface area contributed by atoms with Crippen LogP contribution in [0.5, 0.6) is 0 Å². The van der Waals surface area contributed by atoms with E-state index >= 15 is 0 Å². The number of nitrogens with zero attached hydrogens (tertiary/aromatic N) is 2. The zero-order chi connectivity index (χ0) is 15.4. The molecule has 3 N–H and O–H groups in total. The van der Waals surface area contributed by atoms with Crippen molar-refractivity contribution in [2.75, 3.05) is 30.9 Å². The number of aliphatic hydroxyl groups excluding tert-OH is 1. The van der Waals surface area contributed by atoms with E-state index in [-0.39, 0.29) is 12.2 Å². The van der Waals surface area contributed by atoms with Crippen molar-refractivity contribution < 1.29 is 5.11 Å². The van der Waals surface area contributed by atoms with E-state index in [0.717, 1.165) is 11.4 Å². The second kappa shape index (κ2) is 6.41. The molecule has 0 aliphatic heterocycles. The normalized spacial score (nSPS) is 10.5. The molecule has 1 heterocycles. The van der Waals surface area contributed by atoms with E-state index in [4.69, 9.17) is 5.11 Å². The van der Waals surface area contributed by atoms with E-state index in [1.54, 1.807) is 6.92 Å². The topological polar surface area (TPSA) is 81.2 Å². The standard InChI is InChI=1S/C15H20N4O2/c1-10-13(8-9-20)14(21)18-15(16-10)17-11-4-6-12(7-5-11)19(2)3/h4-7,20H,8-9H2,1-3H3,(H2,16,17,18,21). The first-order valence-electron chi connectivity index (χ1n) is 6.76. The van der Waals surface area contributed by atoms with Gasteiger partial charge in [0.2, 0.25) is 5.95 Å². The minimum absolute atomic E-state index is 0.0651. The molecule has 0 saturated carbocycles. The SMILES string of the molecule is Cc1nc(Nc2ccc(N(C)C)cc2)[nH]c(=O)c1CCO. The summed E-state index contributed by atoms with van der Waals surface area (Å²) in [5.74, 6) is 0.400. The van der Waals surface area contributed by atoms with Crippen molar-refractivity contribution in [2.45, 2.75) is 13.3 Å². The molecule has 1 aromatic heterocycles. The zero-order valence-corrected chi connectivity index (χ0v) is 12.5. The minimum atomic E-state index is -0.219. The lowest BCUT2D eigenvalue weighted by molar-refractivity contribution is 0.298. The van der Waals surface area contributed by atoms with Crippen LogP contribution in [0.1, 0.15) is 11.3 Å². The van der Waals surface area contributed by atoms with Crippen LogP contribution in [-0.2, 0) is 6.42 Å². The largest absolute Gasteiger partial charge is 0.396 e. The first-order chi connectivity index (χ1) is 10.0. The number of anilines is 3. The van der Waals surface area contributed by atoms with Gasteiger partial charge >= 0.3 is 0 Å². The number of rotatable bonds is 5. The lowest BCUT2D eigenvalue weighted by Gasteiger charge is -2.13. The molecule has 0 bridgehead atoms. The molecule has 0 aliphatic carbocycles. The predicted octanol–water partition coefficient (Wildman–Crippen LogP) is 1.42. The number of aliphatic hydroxyl groups is 1. The number of hydrogen-bond acceptors (Lipinski definition) is 5. The molecule has 2 rings (SSSR count). The number of aryl methyl sites for hydroxylation is 1. The van der Waals surface area contributed by atoms with Crippen molar-refractivity contribution in [2.24, 2.45) is 0 Å². The average Bonchev–Trinajstić information content (AvgIpc) is 2.43. The Hall–Kier alpha value is -2.34. The molecule has 6 heteroatoms. The first-order valence-corrected chi connectivity index (χ1v) is 6.76. The average molecular weight is 288 g/mol. The van der Waals surface area contributed by atoms with Gasteiger partial charge in [0.1, 0.15) is 0 Å². The van der Waals surface area contributed by atoms with E-state index < -0.39 is 0 Å². The molecule has 2 aromatic rings. The Bertz CT molecular complexity index is 662. The van der Waals surface area contributed by atoms with Gasteiger partial charge in [-0.25, -0.2) is 4.98 Å². The molecule has 0 saturated heterocycles. The summed E-state index contributed by atoms with van der Waals surface area (Å²) in [6, 6.07) is 7.81. The summed E-state index contributed by atoms with van der Waals surface area (Å²) in [5.41, 5.74) is 2.87. The van der Waals surface area contributed by atoms with Crippen LogP contribution >= 0.6 is 0 Å². The van der Waals surface area contributed by atoms with Crippen molar-refractivity contribution in [1.29, 1.82) is 0 Å². The van der Waals surface area contributed by atoms with E-state index in [0.29, 0.717) is 23.6 Å². The second-order valence-corrected chi connectivity index (χ2v) is 5.02. The smallest absolute Gasteiger partial charge is 0.255 e. The quantitative estimate of drug-likeness (QED) is 0.775. The summed E-state index contributed by atoms with van der Waals surface area (Å²) < 4.78 is 0. The third kappa shape index (κ3) is 3.61. The number of aromatic amines is 1. The van der Waals surface area contributed by atoms with Crippen LogP contribution in [0.3, 0.4) is 0 Å². The highest BCUT2D eigenvalue weighted by atomic mass is 16.3. The summed E-state index contributed by atoms with van der Waals surface area (Å²) in [4.78, 5) is 20.9. The third-order valence-corrected chi connectivity index (χ3v) is 3.23. The van der Waals surface area contributed by atoms with Crippen LogP contribution in [0.15, 0.2) is 29.1 Å². The zero-order valence-electron chi connectivity index (χ0n) is 12.5. The van der Waals surface area contributed by atoms with Crippen LogP contribution in [0.2, 0.25) is 0 Å². The van der Waals surface area contributed by atoms with Crippen molar-refractivity contribution in [3.8, 4) is 0 Å². The van der Waals surface area contributed by atoms with Crippen LogP contribution in [0.4, 0.5) is 17.3 Å². The summed E-state index contributed by atoms with van der Waals surface area (Å²) in [6.07, 6.45) is 0.311. The van der Waals surface area contributed by atoms with Gasteiger partial charge in [-0.1, -0.05) is 0 Å². The van der Waals surface area contributed by atoms with Crippen LogP contribution in [0, 0.1) is 6.92 Å². The monoisotopic (exact) mass is 288 g/mol. The molecule has 112 valence electrons. The van der Waals surface area contributed by atoms with Crippen molar-refractivity contribution >= 4 is 17.3 Å². The van der Waals surface area contributed by atoms with Gasteiger partial charge in [-0.05, 0) is 31.2 Å². The Morgan fingerprint density at radius 3 is 2.48 bits per heavy atom. The van der Waals surface area contributed by atoms with E-state index in [1.807, 2.05) is 43.3 Å². The van der Waals surface area contributed by atoms with Crippen molar-refractivity contribution in [3.05, 3.63) is 45.9 Å². The third-order valence-electron chi connectivity index (χ3n) is 3.23. The number of aromatic nitrogens is 2. The Kier molecular flexibility index (Phi) is 4.59. The van der Waals surface area contributed by atoms with Gasteiger partial charge in [-0.2, -0.15) is 0 Å². The molecule has 0 amide bonds. The minimum Gasteiger partial charge on any atom is -0.396 e. The molecule has 6 nitrogen and oxygen atoms in total. The highest BCUT2D eigenvalue weighted by Gasteiger charge is 2.07. The molecule has 21 heavy (non-hydrogen) atoms. The molecule has 0 unspecified atom stereocenters. The molecule has 0 atom stereocenters. The van der Waals surface area contributed by atoms with E-state index in [2.05, 4.69) is 15.3 Å². The maximum atomic E-state index is 11.9. The van der Waals surface area contributed by atoms with Gasteiger partial charge in [0.05, 0.1) is 5.69 Å². The van der Waals surface area contributed by atoms with E-state index in [9.17, 15) is 4.79 Å². The van der Waals surface area contributed by atoms with Gasteiger partial charge in [0, 0.05) is 44.1 Å². The summed E-state index contributed by atoms with van der Waals surface area (Å²) >= 11 is 0. The summed E-state index contributed by atoms with van der Waals surface area (Å²) in [5, 5.41) is 12.0. The number of benzene rings is 1. The maximum absolute atomic E-state index is 11.9. The summed E-state index contributed by atoms with van der Waals surface area (Å²) in [7, 11) is 3.95. The lowest BCUT2D eigenvalue weighted by Crippen LogP contribution is -2.19. The first kappa shape index (κ1) is 15.1. The fourth-order valence-electron chi connectivity index (χ4n) is 2.06. The highest BCUT2D eigenvalue weighted by molar-refractivity contribution is 5.58. The Balaban J connectivity index is 2.22. The number of nitrogens with one attached hydrogen (secondary N) is 2. The van der Waals surface area contributed by atoms with Gasteiger partial charge < -0.3 is 15.3 Å². The van der Waals surface area contributed by atoms with E-state index in [1.165, 1.54) is 0 Å². The Labute approximate surface area is 123 Å². The van der Waals surface area contributed by atoms with Crippen molar-refractivity contribution in [1.82, 2.24) is 9.97 Å². The van der Waals surface area contributed by atoms with Gasteiger partial charge in [0.15, 0.2) is 0 Å². The Morgan fingerprint density at radius 2 is 1.95 bits per heavy atom. The van der Waals surface area contributed by atoms with Crippen LogP contribution in [-0.4, -0.2) is 35.8 Å². The van der Waals surface area contributed by atoms with Crippen LogP contribution < -0.4 is 15.8 Å². The molecule has 0 radical (unpaired) electrons. The lowest BCUT2D eigenvalue weighted by atomic mass is 10.2.